The lowest BCUT2D eigenvalue weighted by molar-refractivity contribution is 0.0601. The molecule has 0 aliphatic rings. The molecule has 3 rings (SSSR count). The number of hydrogen-bond donors (Lipinski definition) is 0. The van der Waals surface area contributed by atoms with Gasteiger partial charge in [-0.05, 0) is 42.0 Å². The van der Waals surface area contributed by atoms with Crippen molar-refractivity contribution in [2.75, 3.05) is 7.11 Å². The van der Waals surface area contributed by atoms with Crippen molar-refractivity contribution in [3.05, 3.63) is 81.5 Å². The van der Waals surface area contributed by atoms with Crippen molar-refractivity contribution < 1.29 is 13.9 Å². The first-order valence-electron chi connectivity index (χ1n) is 7.88. The molecule has 0 saturated heterocycles. The van der Waals surface area contributed by atoms with Gasteiger partial charge in [0.1, 0.15) is 11.5 Å². The van der Waals surface area contributed by atoms with Crippen LogP contribution in [0.1, 0.15) is 21.7 Å². The highest BCUT2D eigenvalue weighted by Gasteiger charge is 2.15. The van der Waals surface area contributed by atoms with Crippen LogP contribution in [0, 0.1) is 11.3 Å². The van der Waals surface area contributed by atoms with Gasteiger partial charge in [-0.15, -0.1) is 0 Å². The summed E-state index contributed by atoms with van der Waals surface area (Å²) in [7, 11) is 1.33. The lowest BCUT2D eigenvalue weighted by atomic mass is 10.1. The Bertz CT molecular complexity index is 1080. The van der Waals surface area contributed by atoms with Gasteiger partial charge in [-0.3, -0.25) is 0 Å². The summed E-state index contributed by atoms with van der Waals surface area (Å²) in [5, 5.41) is 10.3. The molecule has 0 unspecified atom stereocenters. The number of halogens is 2. The van der Waals surface area contributed by atoms with Crippen LogP contribution in [0.15, 0.2) is 59.0 Å². The zero-order valence-electron chi connectivity index (χ0n) is 14.2. The molecular formula is C21H13Cl2NO3. The molecule has 0 spiro atoms. The Morgan fingerprint density at radius 2 is 1.89 bits per heavy atom. The second-order valence-corrected chi connectivity index (χ2v) is 6.35. The Labute approximate surface area is 166 Å². The molecule has 1 heterocycles. The van der Waals surface area contributed by atoms with E-state index in [2.05, 4.69) is 6.07 Å². The predicted octanol–water partition coefficient (Wildman–Crippen LogP) is 6.10. The highest BCUT2D eigenvalue weighted by Crippen LogP contribution is 2.30. The highest BCUT2D eigenvalue weighted by molar-refractivity contribution is 6.42. The summed E-state index contributed by atoms with van der Waals surface area (Å²) < 4.78 is 10.6. The fourth-order valence-corrected chi connectivity index (χ4v) is 2.85. The maximum Gasteiger partial charge on any atom is 0.338 e. The van der Waals surface area contributed by atoms with Crippen molar-refractivity contribution in [1.82, 2.24) is 0 Å². The molecule has 0 aliphatic carbocycles. The molecule has 134 valence electrons. The molecule has 0 fully saturated rings. The van der Waals surface area contributed by atoms with Crippen LogP contribution in [0.3, 0.4) is 0 Å². The Balaban J connectivity index is 1.98. The average Bonchev–Trinajstić information content (AvgIpc) is 3.16. The number of ether oxygens (including phenoxy) is 1. The van der Waals surface area contributed by atoms with Gasteiger partial charge in [0.25, 0.3) is 0 Å². The Hall–Kier alpha value is -3.00. The van der Waals surface area contributed by atoms with Gasteiger partial charge in [0.2, 0.25) is 0 Å². The third kappa shape index (κ3) is 4.06. The molecular weight excluding hydrogens is 385 g/mol. The zero-order chi connectivity index (χ0) is 19.4. The molecule has 6 heteroatoms. The van der Waals surface area contributed by atoms with Crippen LogP contribution in [0.5, 0.6) is 0 Å². The number of nitrogens with zero attached hydrogens (tertiary/aromatic N) is 1. The molecule has 3 aromatic rings. The first kappa shape index (κ1) is 18.8. The van der Waals surface area contributed by atoms with Crippen molar-refractivity contribution in [1.29, 1.82) is 5.26 Å². The summed E-state index contributed by atoms with van der Waals surface area (Å²) in [6.07, 6.45) is 1.60. The molecule has 0 radical (unpaired) electrons. The van der Waals surface area contributed by atoms with Gasteiger partial charge in [-0.1, -0.05) is 47.5 Å². The summed E-state index contributed by atoms with van der Waals surface area (Å²) in [4.78, 5) is 11.9. The maximum absolute atomic E-state index is 11.9. The number of nitriles is 1. The van der Waals surface area contributed by atoms with Gasteiger partial charge in [0.05, 0.1) is 34.4 Å². The molecule has 1 aromatic heterocycles. The normalized spacial score (nSPS) is 11.1. The molecule has 27 heavy (non-hydrogen) atoms. The smallest absolute Gasteiger partial charge is 0.338 e. The summed E-state index contributed by atoms with van der Waals surface area (Å²) in [5.41, 5.74) is 2.00. The van der Waals surface area contributed by atoms with Gasteiger partial charge < -0.3 is 9.15 Å². The number of furan rings is 1. The number of carbonyl (C=O) groups excluding carboxylic acids is 1. The number of benzene rings is 2. The van der Waals surface area contributed by atoms with E-state index >= 15 is 0 Å². The SMILES string of the molecule is COC(=O)c1ccccc1-c1ccc(/C=C(/C#N)c2ccc(Cl)c(Cl)c2)o1. The second kappa shape index (κ2) is 8.13. The van der Waals surface area contributed by atoms with Crippen LogP contribution in [0.25, 0.3) is 23.0 Å². The number of allylic oxidation sites excluding steroid dienone is 1. The summed E-state index contributed by atoms with van der Waals surface area (Å²) in [6.45, 7) is 0. The third-order valence-electron chi connectivity index (χ3n) is 3.86. The highest BCUT2D eigenvalue weighted by atomic mass is 35.5. The third-order valence-corrected chi connectivity index (χ3v) is 4.60. The van der Waals surface area contributed by atoms with Gasteiger partial charge in [0.15, 0.2) is 0 Å². The van der Waals surface area contributed by atoms with Crippen LogP contribution in [0.2, 0.25) is 10.0 Å². The minimum atomic E-state index is -0.451. The first-order valence-corrected chi connectivity index (χ1v) is 8.64. The molecule has 2 aromatic carbocycles. The topological polar surface area (TPSA) is 63.2 Å². The molecule has 0 bridgehead atoms. The van der Waals surface area contributed by atoms with Gasteiger partial charge in [-0.2, -0.15) is 5.26 Å². The quantitative estimate of drug-likeness (QED) is 0.393. The molecule has 0 atom stereocenters. The van der Waals surface area contributed by atoms with Crippen LogP contribution < -0.4 is 0 Å². The summed E-state index contributed by atoms with van der Waals surface area (Å²) >= 11 is 11.9. The van der Waals surface area contributed by atoms with E-state index in [1.165, 1.54) is 7.11 Å². The van der Waals surface area contributed by atoms with E-state index in [0.29, 0.717) is 43.8 Å². The van der Waals surface area contributed by atoms with Gasteiger partial charge >= 0.3 is 5.97 Å². The maximum atomic E-state index is 11.9. The lowest BCUT2D eigenvalue weighted by Crippen LogP contribution is -2.02. The van der Waals surface area contributed by atoms with E-state index in [1.807, 2.05) is 0 Å². The number of hydrogen-bond acceptors (Lipinski definition) is 4. The zero-order valence-corrected chi connectivity index (χ0v) is 15.7. The fraction of sp³-hybridized carbons (Fsp3) is 0.0476. The van der Waals surface area contributed by atoms with E-state index in [0.717, 1.165) is 0 Å². The van der Waals surface area contributed by atoms with Crippen molar-refractivity contribution in [3.63, 3.8) is 0 Å². The van der Waals surface area contributed by atoms with Crippen LogP contribution in [0.4, 0.5) is 0 Å². The lowest BCUT2D eigenvalue weighted by Gasteiger charge is -2.05. The molecule has 0 N–H and O–H groups in total. The average molecular weight is 398 g/mol. The Morgan fingerprint density at radius 1 is 1.11 bits per heavy atom. The summed E-state index contributed by atoms with van der Waals surface area (Å²) in [5.74, 6) is 0.508. The first-order chi connectivity index (χ1) is 13.0. The van der Waals surface area contributed by atoms with Crippen LogP contribution in [-0.4, -0.2) is 13.1 Å². The monoisotopic (exact) mass is 397 g/mol. The van der Waals surface area contributed by atoms with Crippen molar-refractivity contribution >= 4 is 40.8 Å². The van der Waals surface area contributed by atoms with Gasteiger partial charge in [-0.25, -0.2) is 4.79 Å². The number of carbonyl (C=O) groups is 1. The molecule has 0 amide bonds. The van der Waals surface area contributed by atoms with Crippen LogP contribution >= 0.6 is 23.2 Å². The standard InChI is InChI=1S/C21H13Cl2NO3/c1-26-21(25)17-5-3-2-4-16(17)20-9-7-15(27-20)10-14(12-24)13-6-8-18(22)19(23)11-13/h2-11H,1H3/b14-10-. The second-order valence-electron chi connectivity index (χ2n) is 5.54. The molecule has 0 aliphatic heterocycles. The number of esters is 1. The van der Waals surface area contributed by atoms with Crippen molar-refractivity contribution in [3.8, 4) is 17.4 Å². The van der Waals surface area contributed by atoms with Gasteiger partial charge in [0, 0.05) is 5.56 Å². The Kier molecular flexibility index (Phi) is 5.66. The Morgan fingerprint density at radius 3 is 2.59 bits per heavy atom. The van der Waals surface area contributed by atoms with E-state index < -0.39 is 5.97 Å². The van der Waals surface area contributed by atoms with E-state index in [4.69, 9.17) is 32.4 Å². The minimum absolute atomic E-state index is 0.363. The van der Waals surface area contributed by atoms with E-state index in [1.54, 1.807) is 60.7 Å². The van der Waals surface area contributed by atoms with Crippen LogP contribution in [-0.2, 0) is 4.74 Å². The molecule has 4 nitrogen and oxygen atoms in total. The predicted molar refractivity (Wildman–Crippen MR) is 105 cm³/mol. The van der Waals surface area contributed by atoms with Crippen molar-refractivity contribution in [2.24, 2.45) is 0 Å². The van der Waals surface area contributed by atoms with Crippen molar-refractivity contribution in [2.45, 2.75) is 0 Å². The van der Waals surface area contributed by atoms with E-state index in [9.17, 15) is 10.1 Å². The van der Waals surface area contributed by atoms with E-state index in [-0.39, 0.29) is 0 Å². The number of rotatable bonds is 4. The number of methoxy groups -OCH3 is 1. The fourth-order valence-electron chi connectivity index (χ4n) is 2.55. The summed E-state index contributed by atoms with van der Waals surface area (Å²) in [6, 6.07) is 17.5. The largest absolute Gasteiger partial charge is 0.465 e. The molecule has 0 saturated carbocycles. The minimum Gasteiger partial charge on any atom is -0.465 e.